The highest BCUT2D eigenvalue weighted by Gasteiger charge is 2.39. The van der Waals surface area contributed by atoms with Crippen LogP contribution in [-0.2, 0) is 19.1 Å². The van der Waals surface area contributed by atoms with E-state index in [1.165, 1.54) is 0 Å². The molecule has 0 radical (unpaired) electrons. The fourth-order valence-electron chi connectivity index (χ4n) is 3.52. The molecule has 2 heterocycles. The van der Waals surface area contributed by atoms with E-state index in [2.05, 4.69) is 5.32 Å². The molecule has 0 bridgehead atoms. The van der Waals surface area contributed by atoms with Crippen LogP contribution in [0.15, 0.2) is 24.3 Å². The van der Waals surface area contributed by atoms with Crippen molar-refractivity contribution in [3.8, 4) is 0 Å². The molecule has 0 unspecified atom stereocenters. The van der Waals surface area contributed by atoms with Crippen LogP contribution in [0.3, 0.4) is 0 Å². The molecule has 2 atom stereocenters. The van der Waals surface area contributed by atoms with Crippen LogP contribution >= 0.6 is 11.6 Å². The zero-order valence-corrected chi connectivity index (χ0v) is 15.7. The summed E-state index contributed by atoms with van der Waals surface area (Å²) in [5, 5.41) is 3.38. The van der Waals surface area contributed by atoms with Crippen LogP contribution in [0.5, 0.6) is 0 Å². The second-order valence-corrected chi connectivity index (χ2v) is 7.13. The van der Waals surface area contributed by atoms with Crippen molar-refractivity contribution in [2.75, 3.05) is 32.9 Å². The molecule has 3 rings (SSSR count). The van der Waals surface area contributed by atoms with E-state index in [-0.39, 0.29) is 18.4 Å². The minimum atomic E-state index is -0.754. The van der Waals surface area contributed by atoms with E-state index in [1.807, 2.05) is 30.0 Å². The van der Waals surface area contributed by atoms with Gasteiger partial charge in [0.15, 0.2) is 6.10 Å². The predicted octanol–water partition coefficient (Wildman–Crippen LogP) is 2.17. The van der Waals surface area contributed by atoms with Crippen molar-refractivity contribution in [2.24, 2.45) is 5.92 Å². The normalized spacial score (nSPS) is 24.4. The Labute approximate surface area is 158 Å². The third-order valence-electron chi connectivity index (χ3n) is 4.98. The van der Waals surface area contributed by atoms with Crippen molar-refractivity contribution in [3.05, 3.63) is 34.9 Å². The van der Waals surface area contributed by atoms with Crippen LogP contribution in [-0.4, -0.2) is 55.7 Å². The molecule has 2 aliphatic rings. The molecule has 0 aliphatic carbocycles. The van der Waals surface area contributed by atoms with E-state index in [0.29, 0.717) is 36.2 Å². The molecular formula is C19H25ClN2O4. The van der Waals surface area contributed by atoms with Crippen molar-refractivity contribution in [1.29, 1.82) is 0 Å². The molecule has 26 heavy (non-hydrogen) atoms. The maximum Gasteiger partial charge on any atom is 0.254 e. The number of piperidine rings is 1. The Morgan fingerprint density at radius 3 is 2.77 bits per heavy atom. The van der Waals surface area contributed by atoms with Gasteiger partial charge in [-0.15, -0.1) is 0 Å². The third-order valence-corrected chi connectivity index (χ3v) is 5.32. The SMILES string of the molecule is CCOCC1CCN(C(=O)[C@H]2OCC(=O)N[C@@H]2c2ccccc2Cl)CC1. The Morgan fingerprint density at radius 2 is 2.08 bits per heavy atom. The molecule has 0 spiro atoms. The second-order valence-electron chi connectivity index (χ2n) is 6.73. The molecule has 2 saturated heterocycles. The topological polar surface area (TPSA) is 67.9 Å². The fourth-order valence-corrected chi connectivity index (χ4v) is 3.77. The fraction of sp³-hybridized carbons (Fsp3) is 0.579. The van der Waals surface area contributed by atoms with Crippen molar-refractivity contribution < 1.29 is 19.1 Å². The molecule has 0 aromatic heterocycles. The summed E-state index contributed by atoms with van der Waals surface area (Å²) in [6.07, 6.45) is 1.08. The van der Waals surface area contributed by atoms with Gasteiger partial charge < -0.3 is 19.7 Å². The number of likely N-dealkylation sites (tertiary alicyclic amines) is 1. The van der Waals surface area contributed by atoms with Crippen LogP contribution in [0.25, 0.3) is 0 Å². The molecule has 2 aliphatic heterocycles. The van der Waals surface area contributed by atoms with Gasteiger partial charge in [-0.05, 0) is 37.3 Å². The van der Waals surface area contributed by atoms with Gasteiger partial charge in [0.1, 0.15) is 6.61 Å². The van der Waals surface area contributed by atoms with E-state index in [1.54, 1.807) is 6.07 Å². The first-order chi connectivity index (χ1) is 12.6. The Kier molecular flexibility index (Phi) is 6.51. The van der Waals surface area contributed by atoms with Gasteiger partial charge >= 0.3 is 0 Å². The minimum Gasteiger partial charge on any atom is -0.381 e. The largest absolute Gasteiger partial charge is 0.381 e. The minimum absolute atomic E-state index is 0.0928. The van der Waals surface area contributed by atoms with Crippen LogP contribution in [0.4, 0.5) is 0 Å². The summed E-state index contributed by atoms with van der Waals surface area (Å²) >= 11 is 6.28. The number of halogens is 1. The lowest BCUT2D eigenvalue weighted by molar-refractivity contribution is -0.156. The lowest BCUT2D eigenvalue weighted by atomic mass is 9.95. The highest BCUT2D eigenvalue weighted by Crippen LogP contribution is 2.30. The Morgan fingerprint density at radius 1 is 1.35 bits per heavy atom. The van der Waals surface area contributed by atoms with Crippen LogP contribution in [0.1, 0.15) is 31.4 Å². The lowest BCUT2D eigenvalue weighted by Gasteiger charge is -2.38. The Balaban J connectivity index is 1.69. The number of hydrogen-bond donors (Lipinski definition) is 1. The smallest absolute Gasteiger partial charge is 0.254 e. The number of amides is 2. The highest BCUT2D eigenvalue weighted by molar-refractivity contribution is 6.31. The molecule has 1 aromatic carbocycles. The van der Waals surface area contributed by atoms with Gasteiger partial charge in [-0.1, -0.05) is 29.8 Å². The molecule has 2 fully saturated rings. The van der Waals surface area contributed by atoms with Crippen LogP contribution < -0.4 is 5.32 Å². The quantitative estimate of drug-likeness (QED) is 0.850. The van der Waals surface area contributed by atoms with E-state index in [9.17, 15) is 9.59 Å². The average Bonchev–Trinajstić information content (AvgIpc) is 2.66. The van der Waals surface area contributed by atoms with Gasteiger partial charge in [-0.25, -0.2) is 0 Å². The number of nitrogens with one attached hydrogen (secondary N) is 1. The number of carbonyl (C=O) groups excluding carboxylic acids is 2. The van der Waals surface area contributed by atoms with Gasteiger partial charge in [-0.3, -0.25) is 9.59 Å². The zero-order valence-electron chi connectivity index (χ0n) is 14.9. The number of ether oxygens (including phenoxy) is 2. The maximum atomic E-state index is 13.1. The summed E-state index contributed by atoms with van der Waals surface area (Å²) in [5.41, 5.74) is 0.701. The van der Waals surface area contributed by atoms with E-state index >= 15 is 0 Å². The Bertz CT molecular complexity index is 646. The number of morpholine rings is 1. The van der Waals surface area contributed by atoms with Gasteiger partial charge in [0.05, 0.1) is 6.04 Å². The first-order valence-electron chi connectivity index (χ1n) is 9.12. The molecule has 1 N–H and O–H groups in total. The molecule has 6 nitrogen and oxygen atoms in total. The first kappa shape index (κ1) is 19.1. The molecule has 1 aromatic rings. The van der Waals surface area contributed by atoms with Gasteiger partial charge in [0.2, 0.25) is 5.91 Å². The number of hydrogen-bond acceptors (Lipinski definition) is 4. The molecule has 2 amide bonds. The first-order valence-corrected chi connectivity index (χ1v) is 9.50. The monoisotopic (exact) mass is 380 g/mol. The number of rotatable bonds is 5. The second kappa shape index (κ2) is 8.84. The summed E-state index contributed by atoms with van der Waals surface area (Å²) in [4.78, 5) is 26.7. The molecule has 142 valence electrons. The van der Waals surface area contributed by atoms with Crippen LogP contribution in [0, 0.1) is 5.92 Å². The maximum absolute atomic E-state index is 13.1. The predicted molar refractivity (Wildman–Crippen MR) is 97.9 cm³/mol. The summed E-state index contributed by atoms with van der Waals surface area (Å²) in [7, 11) is 0. The zero-order chi connectivity index (χ0) is 18.5. The highest BCUT2D eigenvalue weighted by atomic mass is 35.5. The van der Waals surface area contributed by atoms with Crippen molar-refractivity contribution >= 4 is 23.4 Å². The van der Waals surface area contributed by atoms with Gasteiger partial charge in [0.25, 0.3) is 5.91 Å². The van der Waals surface area contributed by atoms with Crippen molar-refractivity contribution in [2.45, 2.75) is 31.9 Å². The average molecular weight is 381 g/mol. The van der Waals surface area contributed by atoms with E-state index < -0.39 is 12.1 Å². The standard InChI is InChI=1S/C19H25ClN2O4/c1-2-25-11-13-7-9-22(10-8-13)19(24)18-17(21-16(23)12-26-18)14-5-3-4-6-15(14)20/h3-6,13,17-18H,2,7-12H2,1H3,(H,21,23)/t17-,18+/m1/s1. The van der Waals surface area contributed by atoms with Crippen LogP contribution in [0.2, 0.25) is 5.02 Å². The summed E-state index contributed by atoms with van der Waals surface area (Å²) in [6, 6.07) is 6.65. The van der Waals surface area contributed by atoms with Crippen molar-refractivity contribution in [1.82, 2.24) is 10.2 Å². The molecular weight excluding hydrogens is 356 g/mol. The summed E-state index contributed by atoms with van der Waals surface area (Å²) in [5.74, 6) is 0.157. The summed E-state index contributed by atoms with van der Waals surface area (Å²) in [6.45, 7) is 4.70. The van der Waals surface area contributed by atoms with Gasteiger partial charge in [0, 0.05) is 31.3 Å². The number of carbonyl (C=O) groups is 2. The van der Waals surface area contributed by atoms with E-state index in [0.717, 1.165) is 19.4 Å². The summed E-state index contributed by atoms with van der Waals surface area (Å²) < 4.78 is 11.1. The number of benzene rings is 1. The molecule has 7 heteroatoms. The lowest BCUT2D eigenvalue weighted by Crippen LogP contribution is -2.54. The van der Waals surface area contributed by atoms with Crippen molar-refractivity contribution in [3.63, 3.8) is 0 Å². The van der Waals surface area contributed by atoms with Gasteiger partial charge in [-0.2, -0.15) is 0 Å². The van der Waals surface area contributed by atoms with E-state index in [4.69, 9.17) is 21.1 Å². The number of nitrogens with zero attached hydrogens (tertiary/aromatic N) is 1. The molecule has 0 saturated carbocycles. The third kappa shape index (κ3) is 4.37. The Hall–Kier alpha value is -1.63.